The number of aliphatic hydroxyl groups excluding tert-OH is 1. The second-order valence-corrected chi connectivity index (χ2v) is 12.3. The number of aryl methyl sites for hydroxylation is 1. The van der Waals surface area contributed by atoms with Crippen molar-refractivity contribution in [2.75, 3.05) is 5.75 Å². The summed E-state index contributed by atoms with van der Waals surface area (Å²) in [5.41, 5.74) is 3.06. The first kappa shape index (κ1) is 34.2. The second-order valence-electron chi connectivity index (χ2n) is 11.3. The number of carbonyl (C=O) groups is 1. The number of nitrogens with one attached hydrogen (secondary N) is 1. The van der Waals surface area contributed by atoms with Gasteiger partial charge in [0.05, 0.1) is 18.8 Å². The SMILES string of the molecule is Cn1cnnc1SC[C@H]1C[C@@H](c2ccc(CO)cc2)O[C@@H](c2ccc(-c3cccc(CNC(=O)c4c(F)c(F)c(F)c(F)c4F)c3)cc2)O1. The number of aromatic nitrogens is 3. The van der Waals surface area contributed by atoms with Crippen molar-refractivity contribution in [3.63, 3.8) is 0 Å². The first-order valence-electron chi connectivity index (χ1n) is 15.1. The summed E-state index contributed by atoms with van der Waals surface area (Å²) in [4.78, 5) is 12.4. The molecule has 1 aromatic heterocycles. The lowest BCUT2D eigenvalue weighted by molar-refractivity contribution is -0.245. The molecule has 6 rings (SSSR count). The topological polar surface area (TPSA) is 98.5 Å². The van der Waals surface area contributed by atoms with Gasteiger partial charge in [-0.05, 0) is 33.9 Å². The number of nitrogens with zero attached hydrogens (tertiary/aromatic N) is 3. The van der Waals surface area contributed by atoms with Crippen LogP contribution < -0.4 is 5.32 Å². The van der Waals surface area contributed by atoms with Crippen LogP contribution in [0.4, 0.5) is 22.0 Å². The van der Waals surface area contributed by atoms with Gasteiger partial charge in [-0.2, -0.15) is 0 Å². The average Bonchev–Trinajstić information content (AvgIpc) is 3.55. The van der Waals surface area contributed by atoms with Crippen molar-refractivity contribution >= 4 is 17.7 Å². The van der Waals surface area contributed by atoms with Gasteiger partial charge >= 0.3 is 0 Å². The van der Waals surface area contributed by atoms with Gasteiger partial charge in [-0.3, -0.25) is 4.79 Å². The third-order valence-electron chi connectivity index (χ3n) is 8.02. The number of ether oxygens (including phenoxy) is 2. The van der Waals surface area contributed by atoms with Gasteiger partial charge in [-0.1, -0.05) is 78.5 Å². The molecule has 2 N–H and O–H groups in total. The molecule has 1 aliphatic rings. The summed E-state index contributed by atoms with van der Waals surface area (Å²) in [6.07, 6.45) is 1.10. The van der Waals surface area contributed by atoms with Crippen molar-refractivity contribution in [2.24, 2.45) is 7.05 Å². The molecular weight excluding hydrogens is 667 g/mol. The fourth-order valence-corrected chi connectivity index (χ4v) is 6.27. The van der Waals surface area contributed by atoms with E-state index in [-0.39, 0.29) is 25.4 Å². The molecule has 1 saturated heterocycles. The van der Waals surface area contributed by atoms with Gasteiger partial charge in [-0.15, -0.1) is 10.2 Å². The summed E-state index contributed by atoms with van der Waals surface area (Å²) in [5.74, 6) is -11.9. The number of amides is 1. The van der Waals surface area contributed by atoms with E-state index in [4.69, 9.17) is 9.47 Å². The number of hydrogen-bond acceptors (Lipinski definition) is 7. The summed E-state index contributed by atoms with van der Waals surface area (Å²) in [6.45, 7) is -0.292. The van der Waals surface area contributed by atoms with Crippen LogP contribution in [-0.4, -0.2) is 37.6 Å². The third-order valence-corrected chi connectivity index (χ3v) is 9.18. The molecule has 3 atom stereocenters. The minimum Gasteiger partial charge on any atom is -0.392 e. The van der Waals surface area contributed by atoms with Crippen LogP contribution in [0.15, 0.2) is 84.3 Å². The van der Waals surface area contributed by atoms with E-state index >= 15 is 0 Å². The van der Waals surface area contributed by atoms with Crippen molar-refractivity contribution < 1.29 is 41.3 Å². The van der Waals surface area contributed by atoms with Gasteiger partial charge < -0.3 is 24.5 Å². The van der Waals surface area contributed by atoms with Crippen LogP contribution in [-0.2, 0) is 29.7 Å². The van der Waals surface area contributed by atoms with E-state index in [0.29, 0.717) is 17.7 Å². The molecular formula is C35H29F5N4O4S. The third kappa shape index (κ3) is 7.52. The van der Waals surface area contributed by atoms with Crippen LogP contribution in [0.1, 0.15) is 51.4 Å². The molecule has 1 fully saturated rings. The van der Waals surface area contributed by atoms with Crippen LogP contribution in [0.3, 0.4) is 0 Å². The highest BCUT2D eigenvalue weighted by atomic mass is 32.2. The predicted octanol–water partition coefficient (Wildman–Crippen LogP) is 6.94. The molecule has 254 valence electrons. The standard InChI is InChI=1S/C35H29F5N4O4S/c1-44-18-42-43-35(44)49-17-25-14-26(22-7-5-19(16-45)6-8-22)48-34(47-25)23-11-9-21(10-12-23)24-4-2-3-20(13-24)15-41-33(46)27-28(36)30(38)32(40)31(39)29(27)37/h2-13,18,25-26,34,45H,14-17H2,1H3,(H,41,46)/t25-,26+,34+/m1/s1. The Morgan fingerprint density at radius 1 is 0.878 bits per heavy atom. The molecule has 14 heteroatoms. The number of thioether (sulfide) groups is 1. The summed E-state index contributed by atoms with van der Waals surface area (Å²) >= 11 is 1.53. The molecule has 2 heterocycles. The van der Waals surface area contributed by atoms with Crippen LogP contribution >= 0.6 is 11.8 Å². The van der Waals surface area contributed by atoms with Crippen LogP contribution in [0.25, 0.3) is 11.1 Å². The smallest absolute Gasteiger partial charge is 0.257 e. The Morgan fingerprint density at radius 2 is 1.55 bits per heavy atom. The Morgan fingerprint density at radius 3 is 2.20 bits per heavy atom. The van der Waals surface area contributed by atoms with Gasteiger partial charge in [0, 0.05) is 31.3 Å². The molecule has 49 heavy (non-hydrogen) atoms. The van der Waals surface area contributed by atoms with Gasteiger partial charge in [0.2, 0.25) is 5.82 Å². The molecule has 4 aromatic carbocycles. The maximum absolute atomic E-state index is 14.1. The lowest BCUT2D eigenvalue weighted by Crippen LogP contribution is -2.31. The minimum absolute atomic E-state index is 0.0587. The van der Waals surface area contributed by atoms with E-state index < -0.39 is 46.8 Å². The summed E-state index contributed by atoms with van der Waals surface area (Å²) in [6, 6.07) is 22.0. The van der Waals surface area contributed by atoms with Crippen LogP contribution in [0, 0.1) is 29.1 Å². The van der Waals surface area contributed by atoms with Crippen molar-refractivity contribution in [2.45, 2.75) is 43.2 Å². The number of hydrogen-bond donors (Lipinski definition) is 2. The molecule has 0 bridgehead atoms. The fourth-order valence-electron chi connectivity index (χ4n) is 5.36. The number of halogens is 5. The molecule has 0 aliphatic carbocycles. The number of aliphatic hydroxyl groups is 1. The van der Waals surface area contributed by atoms with E-state index in [1.54, 1.807) is 24.5 Å². The highest BCUT2D eigenvalue weighted by molar-refractivity contribution is 7.99. The number of carbonyl (C=O) groups excluding carboxylic acids is 1. The van der Waals surface area contributed by atoms with Crippen LogP contribution in [0.5, 0.6) is 0 Å². The van der Waals surface area contributed by atoms with Crippen LogP contribution in [0.2, 0.25) is 0 Å². The summed E-state index contributed by atoms with van der Waals surface area (Å²) < 4.78 is 83.4. The average molecular weight is 697 g/mol. The molecule has 0 spiro atoms. The minimum atomic E-state index is -2.34. The zero-order valence-corrected chi connectivity index (χ0v) is 26.7. The van der Waals surface area contributed by atoms with Gasteiger partial charge in [0.25, 0.3) is 5.91 Å². The summed E-state index contributed by atoms with van der Waals surface area (Å²) in [5, 5.41) is 20.5. The second kappa shape index (κ2) is 14.9. The Labute approximate surface area is 281 Å². The molecule has 0 radical (unpaired) electrons. The van der Waals surface area contributed by atoms with E-state index in [0.717, 1.165) is 33.0 Å². The molecule has 8 nitrogen and oxygen atoms in total. The number of benzene rings is 4. The Hall–Kier alpha value is -4.63. The van der Waals surface area contributed by atoms with Crippen molar-refractivity contribution in [3.05, 3.63) is 136 Å². The van der Waals surface area contributed by atoms with Gasteiger partial charge in [-0.25, -0.2) is 22.0 Å². The monoisotopic (exact) mass is 696 g/mol. The fraction of sp³-hybridized carbons (Fsp3) is 0.229. The molecule has 1 amide bonds. The number of rotatable bonds is 10. The Bertz CT molecular complexity index is 1930. The molecule has 5 aromatic rings. The van der Waals surface area contributed by atoms with Crippen molar-refractivity contribution in [3.8, 4) is 11.1 Å². The maximum Gasteiger partial charge on any atom is 0.257 e. The first-order valence-corrected chi connectivity index (χ1v) is 16.1. The van der Waals surface area contributed by atoms with E-state index in [9.17, 15) is 31.9 Å². The van der Waals surface area contributed by atoms with E-state index in [1.165, 1.54) is 11.8 Å². The van der Waals surface area contributed by atoms with E-state index in [1.807, 2.05) is 66.2 Å². The van der Waals surface area contributed by atoms with E-state index in [2.05, 4.69) is 15.5 Å². The molecule has 0 saturated carbocycles. The Balaban J connectivity index is 1.16. The molecule has 1 aliphatic heterocycles. The first-order chi connectivity index (χ1) is 23.6. The quantitative estimate of drug-likeness (QED) is 0.0707. The maximum atomic E-state index is 14.1. The normalized spacial score (nSPS) is 17.7. The zero-order chi connectivity index (χ0) is 34.7. The lowest BCUT2D eigenvalue weighted by Gasteiger charge is -2.36. The largest absolute Gasteiger partial charge is 0.392 e. The summed E-state index contributed by atoms with van der Waals surface area (Å²) in [7, 11) is 1.87. The van der Waals surface area contributed by atoms with Crippen molar-refractivity contribution in [1.82, 2.24) is 20.1 Å². The van der Waals surface area contributed by atoms with Gasteiger partial charge in [0.15, 0.2) is 34.7 Å². The zero-order valence-electron chi connectivity index (χ0n) is 25.9. The Kier molecular flexibility index (Phi) is 10.4. The highest BCUT2D eigenvalue weighted by Gasteiger charge is 2.33. The lowest BCUT2D eigenvalue weighted by atomic mass is 9.99. The highest BCUT2D eigenvalue weighted by Crippen LogP contribution is 2.39. The molecule has 0 unspecified atom stereocenters. The predicted molar refractivity (Wildman–Crippen MR) is 169 cm³/mol. The van der Waals surface area contributed by atoms with Gasteiger partial charge in [0.1, 0.15) is 11.9 Å². The van der Waals surface area contributed by atoms with Crippen molar-refractivity contribution in [1.29, 1.82) is 0 Å².